The number of hydrogen-bond donors (Lipinski definition) is 1. The Hall–Kier alpha value is -1.22. The van der Waals surface area contributed by atoms with Crippen LogP contribution in [0, 0.1) is 5.92 Å². The number of rotatable bonds is 6. The summed E-state index contributed by atoms with van der Waals surface area (Å²) in [6.45, 7) is 3.91. The Balaban J connectivity index is 1.71. The van der Waals surface area contributed by atoms with Crippen molar-refractivity contribution in [3.8, 4) is 11.5 Å². The first-order chi connectivity index (χ1) is 8.81. The van der Waals surface area contributed by atoms with Crippen molar-refractivity contribution in [3.05, 3.63) is 24.3 Å². The monoisotopic (exact) mass is 249 g/mol. The van der Waals surface area contributed by atoms with Gasteiger partial charge in [0.2, 0.25) is 0 Å². The van der Waals surface area contributed by atoms with E-state index in [1.165, 1.54) is 19.3 Å². The summed E-state index contributed by atoms with van der Waals surface area (Å²) in [4.78, 5) is 0. The van der Waals surface area contributed by atoms with Crippen molar-refractivity contribution < 1.29 is 9.47 Å². The van der Waals surface area contributed by atoms with Gasteiger partial charge in [-0.3, -0.25) is 0 Å². The summed E-state index contributed by atoms with van der Waals surface area (Å²) in [6.07, 6.45) is 4.01. The van der Waals surface area contributed by atoms with Crippen LogP contribution in [-0.2, 0) is 0 Å². The molecule has 0 saturated heterocycles. The van der Waals surface area contributed by atoms with Crippen molar-refractivity contribution in [2.24, 2.45) is 5.92 Å². The molecular weight excluding hydrogens is 226 g/mol. The highest BCUT2D eigenvalue weighted by Crippen LogP contribution is 2.26. The molecule has 18 heavy (non-hydrogen) atoms. The lowest BCUT2D eigenvalue weighted by atomic mass is 10.1. The Kier molecular flexibility index (Phi) is 4.88. The van der Waals surface area contributed by atoms with Gasteiger partial charge in [-0.15, -0.1) is 0 Å². The molecule has 100 valence electrons. The molecule has 0 radical (unpaired) electrons. The van der Waals surface area contributed by atoms with Gasteiger partial charge in [0.25, 0.3) is 0 Å². The molecule has 0 aliphatic heterocycles. The zero-order valence-electron chi connectivity index (χ0n) is 11.3. The summed E-state index contributed by atoms with van der Waals surface area (Å²) >= 11 is 0. The highest BCUT2D eigenvalue weighted by molar-refractivity contribution is 5.39. The van der Waals surface area contributed by atoms with Crippen LogP contribution >= 0.6 is 0 Å². The minimum Gasteiger partial charge on any atom is -0.493 e. The van der Waals surface area contributed by atoms with Crippen molar-refractivity contribution >= 4 is 0 Å². The molecule has 0 aromatic heterocycles. The lowest BCUT2D eigenvalue weighted by molar-refractivity contribution is 0.280. The Morgan fingerprint density at radius 2 is 2.00 bits per heavy atom. The molecule has 1 aliphatic rings. The normalized spacial score (nSPS) is 23.0. The van der Waals surface area contributed by atoms with Gasteiger partial charge in [-0.2, -0.15) is 0 Å². The summed E-state index contributed by atoms with van der Waals surface area (Å²) in [5, 5.41) is 3.57. The van der Waals surface area contributed by atoms with Gasteiger partial charge in [-0.05, 0) is 30.9 Å². The van der Waals surface area contributed by atoms with Gasteiger partial charge in [0, 0.05) is 12.6 Å². The van der Waals surface area contributed by atoms with Crippen LogP contribution in [0.2, 0.25) is 0 Å². The molecule has 0 bridgehead atoms. The quantitative estimate of drug-likeness (QED) is 0.786. The number of ether oxygens (including phenoxy) is 2. The van der Waals surface area contributed by atoms with Gasteiger partial charge in [0.15, 0.2) is 11.5 Å². The first kappa shape index (κ1) is 13.2. The number of methoxy groups -OCH3 is 1. The van der Waals surface area contributed by atoms with Crippen LogP contribution in [-0.4, -0.2) is 26.3 Å². The van der Waals surface area contributed by atoms with E-state index in [-0.39, 0.29) is 0 Å². The summed E-state index contributed by atoms with van der Waals surface area (Å²) in [7, 11) is 1.67. The molecule has 2 rings (SSSR count). The maximum atomic E-state index is 5.74. The van der Waals surface area contributed by atoms with E-state index < -0.39 is 0 Å². The Morgan fingerprint density at radius 1 is 1.22 bits per heavy atom. The van der Waals surface area contributed by atoms with Crippen molar-refractivity contribution in [2.75, 3.05) is 20.3 Å². The van der Waals surface area contributed by atoms with E-state index in [0.29, 0.717) is 12.6 Å². The predicted molar refractivity (Wildman–Crippen MR) is 73.3 cm³/mol. The average molecular weight is 249 g/mol. The van der Waals surface area contributed by atoms with Gasteiger partial charge in [-0.1, -0.05) is 25.5 Å². The van der Waals surface area contributed by atoms with E-state index >= 15 is 0 Å². The number of nitrogens with one attached hydrogen (secondary N) is 1. The molecule has 3 nitrogen and oxygen atoms in total. The first-order valence-electron chi connectivity index (χ1n) is 6.80. The highest BCUT2D eigenvalue weighted by atomic mass is 16.5. The molecule has 0 heterocycles. The zero-order chi connectivity index (χ0) is 12.8. The third-order valence-electron chi connectivity index (χ3n) is 3.70. The van der Waals surface area contributed by atoms with Crippen molar-refractivity contribution in [2.45, 2.75) is 32.2 Å². The van der Waals surface area contributed by atoms with E-state index in [1.807, 2.05) is 24.3 Å². The second-order valence-corrected chi connectivity index (χ2v) is 4.97. The molecule has 0 spiro atoms. The maximum absolute atomic E-state index is 5.74. The minimum atomic E-state index is 0.672. The van der Waals surface area contributed by atoms with Crippen molar-refractivity contribution in [1.82, 2.24) is 5.32 Å². The third kappa shape index (κ3) is 3.39. The lowest BCUT2D eigenvalue weighted by Crippen LogP contribution is -2.34. The molecule has 1 aromatic rings. The van der Waals surface area contributed by atoms with Gasteiger partial charge in [-0.25, -0.2) is 0 Å². The molecule has 3 heteroatoms. The smallest absolute Gasteiger partial charge is 0.161 e. The third-order valence-corrected chi connectivity index (χ3v) is 3.70. The fourth-order valence-corrected chi connectivity index (χ4v) is 2.59. The summed E-state index contributed by atoms with van der Waals surface area (Å²) < 4.78 is 11.0. The predicted octanol–water partition coefficient (Wildman–Crippen LogP) is 2.85. The Morgan fingerprint density at radius 3 is 2.67 bits per heavy atom. The molecule has 0 amide bonds. The van der Waals surface area contributed by atoms with E-state index in [9.17, 15) is 0 Å². The lowest BCUT2D eigenvalue weighted by Gasteiger charge is -2.17. The van der Waals surface area contributed by atoms with Crippen LogP contribution in [0.3, 0.4) is 0 Å². The molecule has 1 aliphatic carbocycles. The summed E-state index contributed by atoms with van der Waals surface area (Å²) in [5.74, 6) is 2.42. The van der Waals surface area contributed by atoms with Crippen LogP contribution in [0.4, 0.5) is 0 Å². The number of benzene rings is 1. The van der Waals surface area contributed by atoms with Gasteiger partial charge in [0.05, 0.1) is 7.11 Å². The van der Waals surface area contributed by atoms with Gasteiger partial charge >= 0.3 is 0 Å². The molecule has 1 fully saturated rings. The number of para-hydroxylation sites is 2. The standard InChI is InChI=1S/C15H23NO2/c1-12-6-5-7-13(12)16-10-11-18-15-9-4-3-8-14(15)17-2/h3-4,8-9,12-13,16H,5-7,10-11H2,1-2H3. The molecule has 1 aromatic carbocycles. The van der Waals surface area contributed by atoms with Crippen LogP contribution in [0.25, 0.3) is 0 Å². The molecule has 1 saturated carbocycles. The van der Waals surface area contributed by atoms with E-state index in [0.717, 1.165) is 24.0 Å². The second kappa shape index (κ2) is 6.64. The molecule has 2 unspecified atom stereocenters. The number of hydrogen-bond acceptors (Lipinski definition) is 3. The van der Waals surface area contributed by atoms with Crippen LogP contribution < -0.4 is 14.8 Å². The first-order valence-corrected chi connectivity index (χ1v) is 6.80. The molecular formula is C15H23NO2. The van der Waals surface area contributed by atoms with Crippen LogP contribution in [0.5, 0.6) is 11.5 Å². The average Bonchev–Trinajstić information content (AvgIpc) is 2.81. The summed E-state index contributed by atoms with van der Waals surface area (Å²) in [6, 6.07) is 8.44. The topological polar surface area (TPSA) is 30.5 Å². The maximum Gasteiger partial charge on any atom is 0.161 e. The van der Waals surface area contributed by atoms with Gasteiger partial charge < -0.3 is 14.8 Å². The zero-order valence-corrected chi connectivity index (χ0v) is 11.3. The second-order valence-electron chi connectivity index (χ2n) is 4.97. The van der Waals surface area contributed by atoms with Crippen LogP contribution in [0.1, 0.15) is 26.2 Å². The largest absolute Gasteiger partial charge is 0.493 e. The van der Waals surface area contributed by atoms with Crippen molar-refractivity contribution in [3.63, 3.8) is 0 Å². The van der Waals surface area contributed by atoms with Crippen LogP contribution in [0.15, 0.2) is 24.3 Å². The minimum absolute atomic E-state index is 0.672. The molecule has 2 atom stereocenters. The Bertz CT molecular complexity index is 367. The fourth-order valence-electron chi connectivity index (χ4n) is 2.59. The fraction of sp³-hybridized carbons (Fsp3) is 0.600. The van der Waals surface area contributed by atoms with Gasteiger partial charge in [0.1, 0.15) is 6.61 Å². The van der Waals surface area contributed by atoms with E-state index in [2.05, 4.69) is 12.2 Å². The Labute approximate surface area is 109 Å². The van der Waals surface area contributed by atoms with E-state index in [4.69, 9.17) is 9.47 Å². The highest BCUT2D eigenvalue weighted by Gasteiger charge is 2.22. The van der Waals surface area contributed by atoms with E-state index in [1.54, 1.807) is 7.11 Å². The summed E-state index contributed by atoms with van der Waals surface area (Å²) in [5.41, 5.74) is 0. The SMILES string of the molecule is COc1ccccc1OCCNC1CCCC1C. The molecule has 1 N–H and O–H groups in total. The van der Waals surface area contributed by atoms with Crippen molar-refractivity contribution in [1.29, 1.82) is 0 Å².